The zero-order valence-corrected chi connectivity index (χ0v) is 16.6. The average Bonchev–Trinajstić information content (AvgIpc) is 2.74. The standard InChI is InChI=1S/C21H17FN2O5S/c1-29-21(26)15-3-2-4-18(13-15)23-20(25)14-5-9-17(10-6-14)24-30(27,28)19-11-7-16(22)8-12-19/h2-13,24H,1H3,(H,23,25). The first-order valence-electron chi connectivity index (χ1n) is 8.67. The van der Waals surface area contributed by atoms with Crippen LogP contribution in [0.4, 0.5) is 15.8 Å². The quantitative estimate of drug-likeness (QED) is 0.584. The molecule has 3 aromatic rings. The largest absolute Gasteiger partial charge is 0.465 e. The first-order valence-corrected chi connectivity index (χ1v) is 10.1. The second-order valence-electron chi connectivity index (χ2n) is 6.16. The van der Waals surface area contributed by atoms with E-state index in [2.05, 4.69) is 14.8 Å². The fourth-order valence-electron chi connectivity index (χ4n) is 2.56. The minimum absolute atomic E-state index is 0.0868. The van der Waals surface area contributed by atoms with Crippen molar-refractivity contribution in [1.82, 2.24) is 0 Å². The molecule has 30 heavy (non-hydrogen) atoms. The van der Waals surface area contributed by atoms with Crippen LogP contribution in [0.1, 0.15) is 20.7 Å². The Morgan fingerprint density at radius 2 is 1.53 bits per heavy atom. The number of hydrogen-bond acceptors (Lipinski definition) is 5. The lowest BCUT2D eigenvalue weighted by Crippen LogP contribution is -2.14. The van der Waals surface area contributed by atoms with E-state index in [0.29, 0.717) is 11.3 Å². The van der Waals surface area contributed by atoms with Crippen LogP contribution in [-0.4, -0.2) is 27.4 Å². The Bertz CT molecular complexity index is 1180. The van der Waals surface area contributed by atoms with Gasteiger partial charge in [-0.25, -0.2) is 17.6 Å². The molecule has 0 aliphatic heterocycles. The van der Waals surface area contributed by atoms with Crippen molar-refractivity contribution in [2.45, 2.75) is 4.90 Å². The first kappa shape index (κ1) is 21.0. The van der Waals surface area contributed by atoms with Gasteiger partial charge in [0.15, 0.2) is 0 Å². The highest BCUT2D eigenvalue weighted by Gasteiger charge is 2.15. The van der Waals surface area contributed by atoms with Gasteiger partial charge in [0.2, 0.25) is 0 Å². The predicted molar refractivity (Wildman–Crippen MR) is 109 cm³/mol. The third-order valence-electron chi connectivity index (χ3n) is 4.06. The van der Waals surface area contributed by atoms with Crippen LogP contribution in [0.2, 0.25) is 0 Å². The van der Waals surface area contributed by atoms with Crippen molar-refractivity contribution in [3.05, 3.63) is 89.7 Å². The minimum atomic E-state index is -3.89. The van der Waals surface area contributed by atoms with Gasteiger partial charge in [0, 0.05) is 16.9 Å². The maximum atomic E-state index is 13.0. The third-order valence-corrected chi connectivity index (χ3v) is 5.46. The number of halogens is 1. The normalized spacial score (nSPS) is 10.9. The molecule has 3 aromatic carbocycles. The monoisotopic (exact) mass is 428 g/mol. The maximum absolute atomic E-state index is 13.0. The molecule has 0 saturated carbocycles. The number of rotatable bonds is 6. The molecule has 0 heterocycles. The number of ether oxygens (including phenoxy) is 1. The molecular weight excluding hydrogens is 411 g/mol. The number of nitrogens with one attached hydrogen (secondary N) is 2. The van der Waals surface area contributed by atoms with Crippen molar-refractivity contribution in [1.29, 1.82) is 0 Å². The van der Waals surface area contributed by atoms with Crippen LogP contribution in [0, 0.1) is 5.82 Å². The van der Waals surface area contributed by atoms with Gasteiger partial charge in [0.05, 0.1) is 17.6 Å². The van der Waals surface area contributed by atoms with E-state index in [1.165, 1.54) is 37.4 Å². The van der Waals surface area contributed by atoms with E-state index in [0.717, 1.165) is 24.3 Å². The Labute approximate surface area is 172 Å². The molecule has 3 rings (SSSR count). The van der Waals surface area contributed by atoms with Crippen molar-refractivity contribution < 1.29 is 27.1 Å². The number of carbonyl (C=O) groups excluding carboxylic acids is 2. The van der Waals surface area contributed by atoms with Gasteiger partial charge in [-0.1, -0.05) is 6.07 Å². The molecule has 2 N–H and O–H groups in total. The van der Waals surface area contributed by atoms with Crippen LogP contribution in [0.3, 0.4) is 0 Å². The summed E-state index contributed by atoms with van der Waals surface area (Å²) in [6.45, 7) is 0. The molecule has 7 nitrogen and oxygen atoms in total. The summed E-state index contributed by atoms with van der Waals surface area (Å²) < 4.78 is 44.7. The molecular formula is C21H17FN2O5S. The van der Waals surface area contributed by atoms with Crippen LogP contribution in [-0.2, 0) is 14.8 Å². The van der Waals surface area contributed by atoms with E-state index in [1.807, 2.05) is 0 Å². The number of hydrogen-bond donors (Lipinski definition) is 2. The van der Waals surface area contributed by atoms with Crippen LogP contribution in [0.5, 0.6) is 0 Å². The summed E-state index contributed by atoms with van der Waals surface area (Å²) in [5, 5.41) is 2.66. The smallest absolute Gasteiger partial charge is 0.337 e. The SMILES string of the molecule is COC(=O)c1cccc(NC(=O)c2ccc(NS(=O)(=O)c3ccc(F)cc3)cc2)c1. The molecule has 0 aliphatic rings. The molecule has 0 aliphatic carbocycles. The molecule has 1 amide bonds. The minimum Gasteiger partial charge on any atom is -0.465 e. The van der Waals surface area contributed by atoms with Crippen LogP contribution in [0.25, 0.3) is 0 Å². The van der Waals surface area contributed by atoms with Crippen LogP contribution in [0.15, 0.2) is 77.7 Å². The number of esters is 1. The van der Waals surface area contributed by atoms with E-state index in [9.17, 15) is 22.4 Å². The predicted octanol–water partition coefficient (Wildman–Crippen LogP) is 3.67. The number of methoxy groups -OCH3 is 1. The molecule has 0 bridgehead atoms. The highest BCUT2D eigenvalue weighted by molar-refractivity contribution is 7.92. The summed E-state index contributed by atoms with van der Waals surface area (Å²) in [7, 11) is -2.62. The fraction of sp³-hybridized carbons (Fsp3) is 0.0476. The third kappa shape index (κ3) is 5.00. The molecule has 0 radical (unpaired) electrons. The van der Waals surface area contributed by atoms with Crippen molar-refractivity contribution in [2.75, 3.05) is 17.1 Å². The Balaban J connectivity index is 1.70. The van der Waals surface area contributed by atoms with Crippen molar-refractivity contribution in [2.24, 2.45) is 0 Å². The van der Waals surface area contributed by atoms with Gasteiger partial charge >= 0.3 is 5.97 Å². The fourth-order valence-corrected chi connectivity index (χ4v) is 3.62. The van der Waals surface area contributed by atoms with Crippen LogP contribution >= 0.6 is 0 Å². The summed E-state index contributed by atoms with van der Waals surface area (Å²) in [4.78, 5) is 23.9. The Kier molecular flexibility index (Phi) is 6.12. The molecule has 0 saturated heterocycles. The maximum Gasteiger partial charge on any atom is 0.337 e. The van der Waals surface area contributed by atoms with Crippen LogP contribution < -0.4 is 10.0 Å². The van der Waals surface area contributed by atoms with Gasteiger partial charge in [0.1, 0.15) is 5.82 Å². The topological polar surface area (TPSA) is 102 Å². The van der Waals surface area contributed by atoms with E-state index in [4.69, 9.17) is 0 Å². The molecule has 9 heteroatoms. The zero-order valence-electron chi connectivity index (χ0n) is 15.8. The molecule has 0 fully saturated rings. The van der Waals surface area contributed by atoms with Gasteiger partial charge in [-0.2, -0.15) is 0 Å². The van der Waals surface area contributed by atoms with E-state index in [1.54, 1.807) is 18.2 Å². The van der Waals surface area contributed by atoms with E-state index >= 15 is 0 Å². The lowest BCUT2D eigenvalue weighted by atomic mass is 10.1. The molecule has 154 valence electrons. The molecule has 0 atom stereocenters. The van der Waals surface area contributed by atoms with Gasteiger partial charge in [0.25, 0.3) is 15.9 Å². The van der Waals surface area contributed by atoms with Gasteiger partial charge < -0.3 is 10.1 Å². The van der Waals surface area contributed by atoms with E-state index in [-0.39, 0.29) is 16.1 Å². The summed E-state index contributed by atoms with van der Waals surface area (Å²) >= 11 is 0. The van der Waals surface area contributed by atoms with Gasteiger partial charge in [-0.05, 0) is 66.7 Å². The summed E-state index contributed by atoms with van der Waals surface area (Å²) in [5.41, 5.74) is 1.22. The Hall–Kier alpha value is -3.72. The van der Waals surface area contributed by atoms with Gasteiger partial charge in [-0.3, -0.25) is 9.52 Å². The van der Waals surface area contributed by atoms with Crippen molar-refractivity contribution in [3.8, 4) is 0 Å². The van der Waals surface area contributed by atoms with Gasteiger partial charge in [-0.15, -0.1) is 0 Å². The summed E-state index contributed by atoms with van der Waals surface area (Å²) in [5.74, 6) is -1.50. The summed E-state index contributed by atoms with van der Waals surface area (Å²) in [6, 6.07) is 16.4. The number of sulfonamides is 1. The lowest BCUT2D eigenvalue weighted by Gasteiger charge is -2.10. The number of anilines is 2. The summed E-state index contributed by atoms with van der Waals surface area (Å²) in [6.07, 6.45) is 0. The average molecular weight is 428 g/mol. The Morgan fingerprint density at radius 3 is 2.17 bits per heavy atom. The second kappa shape index (κ2) is 8.75. The first-order chi connectivity index (χ1) is 14.3. The zero-order chi connectivity index (χ0) is 21.7. The number of amides is 1. The van der Waals surface area contributed by atoms with Crippen molar-refractivity contribution in [3.63, 3.8) is 0 Å². The number of benzene rings is 3. The lowest BCUT2D eigenvalue weighted by molar-refractivity contribution is 0.0600. The number of carbonyl (C=O) groups is 2. The molecule has 0 unspecified atom stereocenters. The Morgan fingerprint density at radius 1 is 0.867 bits per heavy atom. The highest BCUT2D eigenvalue weighted by atomic mass is 32.2. The molecule has 0 aromatic heterocycles. The van der Waals surface area contributed by atoms with Crippen molar-refractivity contribution >= 4 is 33.3 Å². The second-order valence-corrected chi connectivity index (χ2v) is 7.85. The highest BCUT2D eigenvalue weighted by Crippen LogP contribution is 2.18. The molecule has 0 spiro atoms. The van der Waals surface area contributed by atoms with E-state index < -0.39 is 27.7 Å².